The van der Waals surface area contributed by atoms with E-state index >= 15 is 0 Å². The Morgan fingerprint density at radius 3 is 2.47 bits per heavy atom. The van der Waals surface area contributed by atoms with Gasteiger partial charge in [-0.25, -0.2) is 4.79 Å². The molecule has 0 unspecified atom stereocenters. The number of alkyl halides is 3. The predicted molar refractivity (Wildman–Crippen MR) is 50.9 cm³/mol. The first-order chi connectivity index (χ1) is 6.84. The van der Waals surface area contributed by atoms with Crippen molar-refractivity contribution in [3.63, 3.8) is 0 Å². The SMILES string of the molecule is O=C(O)[C@@H]1CCCCN1C(=O)C(F)(F)Br. The lowest BCUT2D eigenvalue weighted by Crippen LogP contribution is -2.52. The van der Waals surface area contributed by atoms with Crippen LogP contribution >= 0.6 is 15.9 Å². The van der Waals surface area contributed by atoms with Crippen LogP contribution in [0.1, 0.15) is 19.3 Å². The summed E-state index contributed by atoms with van der Waals surface area (Å²) in [6.07, 6.45) is 1.41. The van der Waals surface area contributed by atoms with E-state index in [1.807, 2.05) is 15.9 Å². The molecule has 0 radical (unpaired) electrons. The first-order valence-electron chi connectivity index (χ1n) is 4.44. The Labute approximate surface area is 93.4 Å². The maximum Gasteiger partial charge on any atom is 0.378 e. The summed E-state index contributed by atoms with van der Waals surface area (Å²) in [5.74, 6) is -2.71. The number of aliphatic carboxylic acids is 1. The van der Waals surface area contributed by atoms with Gasteiger partial charge in [-0.1, -0.05) is 0 Å². The van der Waals surface area contributed by atoms with Crippen molar-refractivity contribution in [3.8, 4) is 0 Å². The summed E-state index contributed by atoms with van der Waals surface area (Å²) in [6, 6.07) is -1.13. The smallest absolute Gasteiger partial charge is 0.378 e. The number of halogens is 3. The Balaban J connectivity index is 2.81. The van der Waals surface area contributed by atoms with Gasteiger partial charge in [-0.2, -0.15) is 8.78 Å². The van der Waals surface area contributed by atoms with Crippen molar-refractivity contribution < 1.29 is 23.5 Å². The van der Waals surface area contributed by atoms with Crippen LogP contribution in [0.25, 0.3) is 0 Å². The third-order valence-corrected chi connectivity index (χ3v) is 2.63. The second kappa shape index (κ2) is 4.42. The predicted octanol–water partition coefficient (Wildman–Crippen LogP) is 1.44. The zero-order valence-corrected chi connectivity index (χ0v) is 9.34. The fourth-order valence-corrected chi connectivity index (χ4v) is 1.82. The third-order valence-electron chi connectivity index (χ3n) is 2.29. The zero-order valence-electron chi connectivity index (χ0n) is 7.75. The zero-order chi connectivity index (χ0) is 11.6. The number of piperidine rings is 1. The minimum atomic E-state index is -3.68. The number of nitrogens with zero attached hydrogens (tertiary/aromatic N) is 1. The monoisotopic (exact) mass is 285 g/mol. The number of carbonyl (C=O) groups is 2. The van der Waals surface area contributed by atoms with Gasteiger partial charge in [0, 0.05) is 22.5 Å². The van der Waals surface area contributed by atoms with Gasteiger partial charge in [0.25, 0.3) is 0 Å². The van der Waals surface area contributed by atoms with Gasteiger partial charge in [0.2, 0.25) is 0 Å². The molecule has 1 heterocycles. The Morgan fingerprint density at radius 1 is 1.40 bits per heavy atom. The van der Waals surface area contributed by atoms with Crippen LogP contribution in [-0.2, 0) is 9.59 Å². The molecule has 1 amide bonds. The first-order valence-corrected chi connectivity index (χ1v) is 5.24. The summed E-state index contributed by atoms with van der Waals surface area (Å²) in [7, 11) is 0. The van der Waals surface area contributed by atoms with Crippen LogP contribution in [-0.4, -0.2) is 39.3 Å². The van der Waals surface area contributed by atoms with Gasteiger partial charge < -0.3 is 10.0 Å². The van der Waals surface area contributed by atoms with Crippen LogP contribution < -0.4 is 0 Å². The molecule has 1 atom stereocenters. The van der Waals surface area contributed by atoms with Crippen LogP contribution in [0.5, 0.6) is 0 Å². The summed E-state index contributed by atoms with van der Waals surface area (Å²) < 4.78 is 25.3. The molecule has 1 rings (SSSR count). The fraction of sp³-hybridized carbons (Fsp3) is 0.750. The number of carboxylic acids is 1. The van der Waals surface area contributed by atoms with Gasteiger partial charge in [-0.15, -0.1) is 0 Å². The highest BCUT2D eigenvalue weighted by Gasteiger charge is 2.44. The minimum Gasteiger partial charge on any atom is -0.480 e. The molecule has 1 aliphatic heterocycles. The molecular formula is C8H10BrF2NO3. The van der Waals surface area contributed by atoms with E-state index in [1.165, 1.54) is 0 Å². The molecule has 1 N–H and O–H groups in total. The van der Waals surface area contributed by atoms with E-state index in [2.05, 4.69) is 0 Å². The summed E-state index contributed by atoms with van der Waals surface area (Å²) in [5, 5.41) is 8.77. The lowest BCUT2D eigenvalue weighted by atomic mass is 10.0. The van der Waals surface area contributed by atoms with Gasteiger partial charge in [0.1, 0.15) is 6.04 Å². The van der Waals surface area contributed by atoms with Crippen molar-refractivity contribution in [3.05, 3.63) is 0 Å². The number of likely N-dealkylation sites (tertiary alicyclic amines) is 1. The molecule has 0 saturated carbocycles. The maximum atomic E-state index is 12.7. The van der Waals surface area contributed by atoms with Crippen LogP contribution in [0.15, 0.2) is 0 Å². The molecule has 0 aromatic heterocycles. The van der Waals surface area contributed by atoms with Gasteiger partial charge in [-0.05, 0) is 19.3 Å². The molecule has 15 heavy (non-hydrogen) atoms. The molecule has 0 spiro atoms. The van der Waals surface area contributed by atoms with Crippen LogP contribution in [0.4, 0.5) is 8.78 Å². The van der Waals surface area contributed by atoms with Crippen molar-refractivity contribution in [2.45, 2.75) is 30.1 Å². The Kier molecular flexibility index (Phi) is 3.64. The molecule has 0 aliphatic carbocycles. The molecule has 1 aliphatic rings. The van der Waals surface area contributed by atoms with Crippen molar-refractivity contribution in [2.75, 3.05) is 6.54 Å². The van der Waals surface area contributed by atoms with E-state index in [9.17, 15) is 18.4 Å². The Bertz CT molecular complexity index is 280. The number of amides is 1. The van der Waals surface area contributed by atoms with Crippen LogP contribution in [0, 0.1) is 0 Å². The highest BCUT2D eigenvalue weighted by Crippen LogP contribution is 2.28. The van der Waals surface area contributed by atoms with Crippen molar-refractivity contribution >= 4 is 27.8 Å². The summed E-state index contributed by atoms with van der Waals surface area (Å²) in [6.45, 7) is 0.0665. The molecule has 0 aromatic rings. The third kappa shape index (κ3) is 2.87. The van der Waals surface area contributed by atoms with E-state index in [4.69, 9.17) is 5.11 Å². The van der Waals surface area contributed by atoms with Crippen molar-refractivity contribution in [1.82, 2.24) is 4.90 Å². The second-order valence-corrected chi connectivity index (χ2v) is 4.34. The second-order valence-electron chi connectivity index (χ2n) is 3.35. The minimum absolute atomic E-state index is 0.0665. The highest BCUT2D eigenvalue weighted by atomic mass is 79.9. The van der Waals surface area contributed by atoms with Crippen LogP contribution in [0.2, 0.25) is 0 Å². The number of rotatable bonds is 2. The average molecular weight is 286 g/mol. The molecule has 86 valence electrons. The average Bonchev–Trinajstić information content (AvgIpc) is 2.15. The van der Waals surface area contributed by atoms with Gasteiger partial charge in [-0.3, -0.25) is 4.79 Å². The highest BCUT2D eigenvalue weighted by molar-refractivity contribution is 9.10. The molecule has 1 saturated heterocycles. The Morgan fingerprint density at radius 2 is 2.00 bits per heavy atom. The number of carboxylic acid groups (broad SMARTS) is 1. The lowest BCUT2D eigenvalue weighted by Gasteiger charge is -2.33. The summed E-state index contributed by atoms with van der Waals surface area (Å²) in [5.41, 5.74) is 0. The van der Waals surface area contributed by atoms with Crippen LogP contribution in [0.3, 0.4) is 0 Å². The molecular weight excluding hydrogens is 276 g/mol. The Hall–Kier alpha value is -0.720. The normalized spacial score (nSPS) is 22.6. The van der Waals surface area contributed by atoms with E-state index < -0.39 is 22.8 Å². The van der Waals surface area contributed by atoms with E-state index in [1.54, 1.807) is 0 Å². The van der Waals surface area contributed by atoms with Gasteiger partial charge in [0.05, 0.1) is 0 Å². The number of hydrogen-bond donors (Lipinski definition) is 1. The quantitative estimate of drug-likeness (QED) is 0.781. The maximum absolute atomic E-state index is 12.7. The lowest BCUT2D eigenvalue weighted by molar-refractivity contribution is -0.159. The largest absolute Gasteiger partial charge is 0.480 e. The fourth-order valence-electron chi connectivity index (χ4n) is 1.59. The number of hydrogen-bond acceptors (Lipinski definition) is 2. The summed E-state index contributed by atoms with van der Waals surface area (Å²) >= 11 is 1.94. The van der Waals surface area contributed by atoms with Gasteiger partial charge >= 0.3 is 16.7 Å². The van der Waals surface area contributed by atoms with E-state index in [0.29, 0.717) is 12.8 Å². The molecule has 0 bridgehead atoms. The van der Waals surface area contributed by atoms with Gasteiger partial charge in [0.15, 0.2) is 0 Å². The molecule has 4 nitrogen and oxygen atoms in total. The van der Waals surface area contributed by atoms with E-state index in [0.717, 1.165) is 4.90 Å². The van der Waals surface area contributed by atoms with Crippen molar-refractivity contribution in [2.24, 2.45) is 0 Å². The summed E-state index contributed by atoms with van der Waals surface area (Å²) in [4.78, 5) is 19.0. The topological polar surface area (TPSA) is 57.6 Å². The van der Waals surface area contributed by atoms with E-state index in [-0.39, 0.29) is 13.0 Å². The number of carbonyl (C=O) groups excluding carboxylic acids is 1. The van der Waals surface area contributed by atoms with Crippen molar-refractivity contribution in [1.29, 1.82) is 0 Å². The molecule has 1 fully saturated rings. The standard InChI is InChI=1S/C8H10BrF2NO3/c9-8(10,11)7(15)12-4-2-1-3-5(12)6(13)14/h5H,1-4H2,(H,13,14)/t5-/m0/s1. The molecule has 7 heteroatoms. The first kappa shape index (κ1) is 12.4. The molecule has 0 aromatic carbocycles.